The zero-order valence-corrected chi connectivity index (χ0v) is 12.0. The molecule has 104 valence electrons. The first-order chi connectivity index (χ1) is 9.13. The molecule has 2 aliphatic rings. The average Bonchev–Trinajstić information content (AvgIpc) is 3.01. The standard InChI is InChI=1S/C16H25N3/c1-11(17)14-5-6-16(18-9-14)19(2)10-15-8-12-3-4-13(15)7-12/h5-6,9,11-13,15H,3-4,7-8,10,17H2,1-2H3. The van der Waals surface area contributed by atoms with Crippen molar-refractivity contribution in [3.05, 3.63) is 23.9 Å². The number of aromatic nitrogens is 1. The summed E-state index contributed by atoms with van der Waals surface area (Å²) < 4.78 is 0. The summed E-state index contributed by atoms with van der Waals surface area (Å²) in [7, 11) is 2.17. The van der Waals surface area contributed by atoms with Crippen molar-refractivity contribution in [2.24, 2.45) is 23.5 Å². The minimum atomic E-state index is 0.0671. The first-order valence-corrected chi connectivity index (χ1v) is 7.56. The van der Waals surface area contributed by atoms with Crippen molar-refractivity contribution in [1.82, 2.24) is 4.98 Å². The fourth-order valence-electron chi connectivity index (χ4n) is 3.94. The molecule has 1 aromatic rings. The van der Waals surface area contributed by atoms with Gasteiger partial charge in [0, 0.05) is 25.8 Å². The number of rotatable bonds is 4. The van der Waals surface area contributed by atoms with Gasteiger partial charge in [0.2, 0.25) is 0 Å². The third-order valence-corrected chi connectivity index (χ3v) is 5.08. The molecule has 2 fully saturated rings. The summed E-state index contributed by atoms with van der Waals surface area (Å²) in [4.78, 5) is 6.87. The second-order valence-corrected chi connectivity index (χ2v) is 6.55. The Hall–Kier alpha value is -1.09. The van der Waals surface area contributed by atoms with Crippen LogP contribution in [0.25, 0.3) is 0 Å². The summed E-state index contributed by atoms with van der Waals surface area (Å²) in [6.45, 7) is 3.15. The highest BCUT2D eigenvalue weighted by Gasteiger charge is 2.39. The van der Waals surface area contributed by atoms with Gasteiger partial charge in [0.05, 0.1) is 0 Å². The molecule has 0 aliphatic heterocycles. The predicted octanol–water partition coefficient (Wildman–Crippen LogP) is 2.97. The number of hydrogen-bond acceptors (Lipinski definition) is 3. The molecule has 4 unspecified atom stereocenters. The Morgan fingerprint density at radius 3 is 2.74 bits per heavy atom. The second-order valence-electron chi connectivity index (χ2n) is 6.55. The Bertz CT molecular complexity index is 426. The summed E-state index contributed by atoms with van der Waals surface area (Å²) >= 11 is 0. The summed E-state index contributed by atoms with van der Waals surface area (Å²) in [6.07, 6.45) is 7.77. The normalized spacial score (nSPS) is 30.6. The summed E-state index contributed by atoms with van der Waals surface area (Å²) in [5, 5.41) is 0. The molecule has 1 aromatic heterocycles. The lowest BCUT2D eigenvalue weighted by molar-refractivity contribution is 0.337. The third-order valence-electron chi connectivity index (χ3n) is 5.08. The Morgan fingerprint density at radius 2 is 2.21 bits per heavy atom. The van der Waals surface area contributed by atoms with Crippen LogP contribution in [0, 0.1) is 17.8 Å². The van der Waals surface area contributed by atoms with Crippen LogP contribution in [0.2, 0.25) is 0 Å². The van der Waals surface area contributed by atoms with E-state index in [9.17, 15) is 0 Å². The van der Waals surface area contributed by atoms with Crippen LogP contribution in [-0.4, -0.2) is 18.6 Å². The number of fused-ring (bicyclic) bond motifs is 2. The van der Waals surface area contributed by atoms with Gasteiger partial charge in [-0.25, -0.2) is 4.98 Å². The molecule has 2 aliphatic carbocycles. The number of anilines is 1. The van der Waals surface area contributed by atoms with E-state index in [-0.39, 0.29) is 6.04 Å². The van der Waals surface area contributed by atoms with Gasteiger partial charge in [0.25, 0.3) is 0 Å². The number of hydrogen-bond donors (Lipinski definition) is 1. The molecule has 3 nitrogen and oxygen atoms in total. The molecule has 2 bridgehead atoms. The Balaban J connectivity index is 1.62. The van der Waals surface area contributed by atoms with Gasteiger partial charge >= 0.3 is 0 Å². The molecule has 1 heterocycles. The summed E-state index contributed by atoms with van der Waals surface area (Å²) in [5.74, 6) is 3.97. The van der Waals surface area contributed by atoms with Gasteiger partial charge in [0.15, 0.2) is 0 Å². The van der Waals surface area contributed by atoms with E-state index in [1.54, 1.807) is 0 Å². The van der Waals surface area contributed by atoms with Gasteiger partial charge in [-0.15, -0.1) is 0 Å². The van der Waals surface area contributed by atoms with E-state index >= 15 is 0 Å². The van der Waals surface area contributed by atoms with E-state index in [0.29, 0.717) is 0 Å². The molecule has 19 heavy (non-hydrogen) atoms. The maximum absolute atomic E-state index is 5.86. The molecular weight excluding hydrogens is 234 g/mol. The topological polar surface area (TPSA) is 42.1 Å². The minimum Gasteiger partial charge on any atom is -0.359 e. The van der Waals surface area contributed by atoms with E-state index in [2.05, 4.69) is 29.1 Å². The Kier molecular flexibility index (Phi) is 3.48. The van der Waals surface area contributed by atoms with Crippen molar-refractivity contribution in [3.63, 3.8) is 0 Å². The van der Waals surface area contributed by atoms with Crippen molar-refractivity contribution < 1.29 is 0 Å². The summed E-state index contributed by atoms with van der Waals surface area (Å²) in [6, 6.07) is 4.27. The van der Waals surface area contributed by atoms with Crippen molar-refractivity contribution in [2.75, 3.05) is 18.5 Å². The second kappa shape index (κ2) is 5.12. The maximum atomic E-state index is 5.86. The van der Waals surface area contributed by atoms with Crippen molar-refractivity contribution in [2.45, 2.75) is 38.6 Å². The SMILES string of the molecule is CC(N)c1ccc(N(C)CC2CC3CCC2C3)nc1. The van der Waals surface area contributed by atoms with Gasteiger partial charge in [-0.1, -0.05) is 12.5 Å². The van der Waals surface area contributed by atoms with E-state index in [1.165, 1.54) is 25.7 Å². The maximum Gasteiger partial charge on any atom is 0.128 e. The highest BCUT2D eigenvalue weighted by molar-refractivity contribution is 5.39. The molecule has 2 saturated carbocycles. The van der Waals surface area contributed by atoms with Gasteiger partial charge in [-0.05, 0) is 55.6 Å². The van der Waals surface area contributed by atoms with Crippen LogP contribution >= 0.6 is 0 Å². The van der Waals surface area contributed by atoms with E-state index in [0.717, 1.165) is 35.7 Å². The first-order valence-electron chi connectivity index (χ1n) is 7.56. The fraction of sp³-hybridized carbons (Fsp3) is 0.688. The number of pyridine rings is 1. The molecule has 0 spiro atoms. The van der Waals surface area contributed by atoms with Crippen LogP contribution < -0.4 is 10.6 Å². The van der Waals surface area contributed by atoms with Crippen LogP contribution in [0.5, 0.6) is 0 Å². The molecule has 4 atom stereocenters. The zero-order valence-electron chi connectivity index (χ0n) is 12.0. The largest absolute Gasteiger partial charge is 0.359 e. The van der Waals surface area contributed by atoms with Crippen LogP contribution in [0.1, 0.15) is 44.2 Å². The Labute approximate surface area is 116 Å². The monoisotopic (exact) mass is 259 g/mol. The van der Waals surface area contributed by atoms with Crippen LogP contribution in [0.4, 0.5) is 5.82 Å². The highest BCUT2D eigenvalue weighted by Crippen LogP contribution is 2.48. The van der Waals surface area contributed by atoms with Crippen molar-refractivity contribution in [3.8, 4) is 0 Å². The zero-order chi connectivity index (χ0) is 13.4. The molecule has 0 radical (unpaired) electrons. The van der Waals surface area contributed by atoms with Crippen LogP contribution in [0.3, 0.4) is 0 Å². The Morgan fingerprint density at radius 1 is 1.37 bits per heavy atom. The highest BCUT2D eigenvalue weighted by atomic mass is 15.2. The van der Waals surface area contributed by atoms with Gasteiger partial charge < -0.3 is 10.6 Å². The van der Waals surface area contributed by atoms with Crippen molar-refractivity contribution >= 4 is 5.82 Å². The first kappa shape index (κ1) is 12.9. The quantitative estimate of drug-likeness (QED) is 0.904. The molecule has 3 rings (SSSR count). The minimum absolute atomic E-state index is 0.0671. The van der Waals surface area contributed by atoms with E-state index in [1.807, 2.05) is 13.1 Å². The molecule has 3 heteroatoms. The molecule has 0 saturated heterocycles. The smallest absolute Gasteiger partial charge is 0.128 e. The lowest BCUT2D eigenvalue weighted by atomic mass is 9.88. The molecule has 0 amide bonds. The average molecular weight is 259 g/mol. The molecule has 2 N–H and O–H groups in total. The van der Waals surface area contributed by atoms with E-state index in [4.69, 9.17) is 5.73 Å². The van der Waals surface area contributed by atoms with Crippen LogP contribution in [-0.2, 0) is 0 Å². The summed E-state index contributed by atoms with van der Waals surface area (Å²) in [5.41, 5.74) is 6.97. The molecule has 0 aromatic carbocycles. The number of nitrogens with two attached hydrogens (primary N) is 1. The lowest BCUT2D eigenvalue weighted by Gasteiger charge is -2.28. The van der Waals surface area contributed by atoms with Crippen molar-refractivity contribution in [1.29, 1.82) is 0 Å². The van der Waals surface area contributed by atoms with Gasteiger partial charge in [0.1, 0.15) is 5.82 Å². The molecular formula is C16H25N3. The number of nitrogens with zero attached hydrogens (tertiary/aromatic N) is 2. The van der Waals surface area contributed by atoms with E-state index < -0.39 is 0 Å². The van der Waals surface area contributed by atoms with Gasteiger partial charge in [-0.3, -0.25) is 0 Å². The fourth-order valence-corrected chi connectivity index (χ4v) is 3.94. The van der Waals surface area contributed by atoms with Crippen LogP contribution in [0.15, 0.2) is 18.3 Å². The predicted molar refractivity (Wildman–Crippen MR) is 79.0 cm³/mol. The lowest BCUT2D eigenvalue weighted by Crippen LogP contribution is -2.29. The van der Waals surface area contributed by atoms with Gasteiger partial charge in [-0.2, -0.15) is 0 Å². The third kappa shape index (κ3) is 2.62.